The zero-order valence-corrected chi connectivity index (χ0v) is 39.4. The molecule has 0 saturated heterocycles. The molecule has 0 bridgehead atoms. The molecular formula is C50H95N3O6. The van der Waals surface area contributed by atoms with Gasteiger partial charge >= 0.3 is 5.97 Å². The van der Waals surface area contributed by atoms with Gasteiger partial charge in [0.15, 0.2) is 0 Å². The molecule has 1 rings (SSSR count). The Labute approximate surface area is 363 Å². The van der Waals surface area contributed by atoms with Crippen LogP contribution in [-0.4, -0.2) is 63.3 Å². The van der Waals surface area contributed by atoms with Gasteiger partial charge in [-0.3, -0.25) is 19.2 Å². The minimum atomic E-state index is -0.415. The zero-order chi connectivity index (χ0) is 43.4. The predicted molar refractivity (Wildman–Crippen MR) is 253 cm³/mol. The number of hydrogen-bond donors (Lipinski definition) is 2. The number of ether oxygens (including phenoxy) is 2. The van der Waals surface area contributed by atoms with E-state index >= 15 is 0 Å². The summed E-state index contributed by atoms with van der Waals surface area (Å²) in [7, 11) is 1.68. The van der Waals surface area contributed by atoms with Crippen LogP contribution in [0.25, 0.3) is 0 Å². The molecule has 0 spiro atoms. The van der Waals surface area contributed by atoms with Crippen molar-refractivity contribution >= 4 is 23.8 Å². The molecule has 0 saturated carbocycles. The van der Waals surface area contributed by atoms with E-state index < -0.39 is 10.9 Å². The van der Waals surface area contributed by atoms with E-state index in [4.69, 9.17) is 4.74 Å². The molecule has 0 aromatic heterocycles. The van der Waals surface area contributed by atoms with Crippen LogP contribution >= 0.6 is 0 Å². The first-order chi connectivity index (χ1) is 28.9. The summed E-state index contributed by atoms with van der Waals surface area (Å²) in [6.45, 7) is 14.2. The van der Waals surface area contributed by atoms with Crippen LogP contribution in [0, 0.1) is 0 Å². The SMILES string of the molecule is CCCCCCCCC(CCCCCCCC)OC(=O)CCCCCCCN(CCCCCCCC)CCCCNc1c(NC)c(=O)c1=O.CCCCCCCOC=O. The van der Waals surface area contributed by atoms with Crippen molar-refractivity contribution in [3.63, 3.8) is 0 Å². The van der Waals surface area contributed by atoms with Gasteiger partial charge in [0.05, 0.1) is 6.61 Å². The third-order valence-corrected chi connectivity index (χ3v) is 11.5. The second kappa shape index (κ2) is 43.7. The van der Waals surface area contributed by atoms with Crippen molar-refractivity contribution in [2.45, 2.75) is 246 Å². The van der Waals surface area contributed by atoms with Crippen LogP contribution in [0.1, 0.15) is 240 Å². The second-order valence-electron chi connectivity index (χ2n) is 17.0. The first kappa shape index (κ1) is 56.6. The van der Waals surface area contributed by atoms with Gasteiger partial charge in [0.25, 0.3) is 17.3 Å². The Morgan fingerprint density at radius 1 is 0.542 bits per heavy atom. The number of esters is 1. The molecule has 1 aromatic carbocycles. The minimum Gasteiger partial charge on any atom is -0.468 e. The Morgan fingerprint density at radius 2 is 0.949 bits per heavy atom. The molecule has 0 unspecified atom stereocenters. The Kier molecular flexibility index (Phi) is 41.9. The molecule has 1 aromatic rings. The minimum absolute atomic E-state index is 0.0216. The van der Waals surface area contributed by atoms with Crippen LogP contribution in [-0.2, 0) is 19.1 Å². The summed E-state index contributed by atoms with van der Waals surface area (Å²) in [5, 5.41) is 5.99. The van der Waals surface area contributed by atoms with Crippen molar-refractivity contribution in [2.75, 3.05) is 50.5 Å². The maximum Gasteiger partial charge on any atom is 0.306 e. The normalized spacial score (nSPS) is 11.2. The van der Waals surface area contributed by atoms with Crippen molar-refractivity contribution in [1.29, 1.82) is 0 Å². The average Bonchev–Trinajstić information content (AvgIpc) is 3.24. The summed E-state index contributed by atoms with van der Waals surface area (Å²) >= 11 is 0. The Hall–Kier alpha value is -2.42. The topological polar surface area (TPSA) is 114 Å². The lowest BCUT2D eigenvalue weighted by atomic mass is 10.0. The lowest BCUT2D eigenvalue weighted by Gasteiger charge is -2.22. The first-order valence-corrected chi connectivity index (χ1v) is 25.1. The standard InChI is InChI=1S/C42H79N3O4.C8H16O2/c1-5-8-11-14-18-23-30-37(31-24-19-15-12-9-6-2)49-38(46)32-25-20-17-22-28-35-45(34-27-21-16-13-10-7-3)36-29-26-33-44-40-39(43-4)41(47)42(40)48;1-2-3-4-5-6-7-10-8-9/h37,43-44H,5-36H2,1-4H3;8H,2-7H2,1H3. The lowest BCUT2D eigenvalue weighted by Crippen LogP contribution is -2.37. The molecule has 0 fully saturated rings. The summed E-state index contributed by atoms with van der Waals surface area (Å²) in [5.74, 6) is 0.0216. The average molecular weight is 834 g/mol. The fourth-order valence-electron chi connectivity index (χ4n) is 7.71. The van der Waals surface area contributed by atoms with E-state index in [9.17, 15) is 19.2 Å². The fraction of sp³-hybridized carbons (Fsp3) is 0.880. The molecular weight excluding hydrogens is 739 g/mol. The first-order valence-electron chi connectivity index (χ1n) is 25.1. The maximum atomic E-state index is 12.8. The number of nitrogens with one attached hydrogen (secondary N) is 2. The van der Waals surface area contributed by atoms with Crippen LogP contribution in [0.15, 0.2) is 9.59 Å². The molecule has 0 amide bonds. The Morgan fingerprint density at radius 3 is 1.42 bits per heavy atom. The van der Waals surface area contributed by atoms with E-state index in [0.717, 1.165) is 64.6 Å². The largest absolute Gasteiger partial charge is 0.468 e. The summed E-state index contributed by atoms with van der Waals surface area (Å²) in [6, 6.07) is 0. The van der Waals surface area contributed by atoms with E-state index in [1.165, 1.54) is 161 Å². The summed E-state index contributed by atoms with van der Waals surface area (Å²) < 4.78 is 10.6. The number of unbranched alkanes of at least 4 members (excludes halogenated alkanes) is 24. The van der Waals surface area contributed by atoms with Crippen LogP contribution in [0.3, 0.4) is 0 Å². The highest BCUT2D eigenvalue weighted by Crippen LogP contribution is 2.19. The van der Waals surface area contributed by atoms with E-state index in [0.29, 0.717) is 37.4 Å². The maximum absolute atomic E-state index is 12.8. The van der Waals surface area contributed by atoms with Gasteiger partial charge < -0.3 is 25.0 Å². The molecule has 0 radical (unpaired) electrons. The predicted octanol–water partition coefficient (Wildman–Crippen LogP) is 13.1. The molecule has 0 atom stereocenters. The van der Waals surface area contributed by atoms with Gasteiger partial charge in [-0.05, 0) is 83.8 Å². The van der Waals surface area contributed by atoms with E-state index in [2.05, 4.69) is 48.0 Å². The highest BCUT2D eigenvalue weighted by atomic mass is 16.5. The van der Waals surface area contributed by atoms with Gasteiger partial charge in [-0.25, -0.2) is 0 Å². The second-order valence-corrected chi connectivity index (χ2v) is 17.0. The summed E-state index contributed by atoms with van der Waals surface area (Å²) in [5.41, 5.74) is 0.0528. The van der Waals surface area contributed by atoms with E-state index in [-0.39, 0.29) is 12.1 Å². The highest BCUT2D eigenvalue weighted by molar-refractivity contribution is 5.73. The molecule has 346 valence electrons. The zero-order valence-electron chi connectivity index (χ0n) is 39.4. The quantitative estimate of drug-likeness (QED) is 0.0287. The molecule has 9 nitrogen and oxygen atoms in total. The summed E-state index contributed by atoms with van der Waals surface area (Å²) in [6.07, 6.45) is 39.7. The number of nitrogens with zero attached hydrogens (tertiary/aromatic N) is 1. The Bertz CT molecular complexity index is 1120. The molecule has 9 heteroatoms. The van der Waals surface area contributed by atoms with Crippen LogP contribution in [0.5, 0.6) is 0 Å². The van der Waals surface area contributed by atoms with Crippen molar-refractivity contribution in [3.8, 4) is 0 Å². The van der Waals surface area contributed by atoms with E-state index in [1.807, 2.05) is 0 Å². The number of carbonyl (C=O) groups is 2. The van der Waals surface area contributed by atoms with Crippen LogP contribution in [0.2, 0.25) is 0 Å². The van der Waals surface area contributed by atoms with Crippen molar-refractivity contribution < 1.29 is 19.1 Å². The third-order valence-electron chi connectivity index (χ3n) is 11.5. The van der Waals surface area contributed by atoms with Crippen molar-refractivity contribution in [2.24, 2.45) is 0 Å². The van der Waals surface area contributed by atoms with Crippen molar-refractivity contribution in [1.82, 2.24) is 4.90 Å². The fourth-order valence-corrected chi connectivity index (χ4v) is 7.71. The molecule has 0 aliphatic heterocycles. The smallest absolute Gasteiger partial charge is 0.306 e. The number of carbonyl (C=O) groups excluding carboxylic acids is 2. The van der Waals surface area contributed by atoms with Crippen LogP contribution in [0.4, 0.5) is 11.4 Å². The Balaban J connectivity index is 0.00000295. The van der Waals surface area contributed by atoms with Gasteiger partial charge in [-0.1, -0.05) is 169 Å². The van der Waals surface area contributed by atoms with E-state index in [1.54, 1.807) is 7.05 Å². The third kappa shape index (κ3) is 33.9. The molecule has 59 heavy (non-hydrogen) atoms. The van der Waals surface area contributed by atoms with Crippen molar-refractivity contribution in [3.05, 3.63) is 20.4 Å². The molecule has 0 heterocycles. The molecule has 0 aliphatic carbocycles. The van der Waals surface area contributed by atoms with Gasteiger partial charge in [0.1, 0.15) is 17.5 Å². The monoisotopic (exact) mass is 834 g/mol. The molecule has 2 N–H and O–H groups in total. The van der Waals surface area contributed by atoms with Crippen LogP contribution < -0.4 is 21.5 Å². The van der Waals surface area contributed by atoms with Gasteiger partial charge in [-0.2, -0.15) is 0 Å². The summed E-state index contributed by atoms with van der Waals surface area (Å²) in [4.78, 5) is 48.5. The molecule has 0 aliphatic rings. The van der Waals surface area contributed by atoms with Gasteiger partial charge in [0.2, 0.25) is 0 Å². The van der Waals surface area contributed by atoms with Gasteiger partial charge in [-0.15, -0.1) is 0 Å². The lowest BCUT2D eigenvalue weighted by molar-refractivity contribution is -0.150. The number of anilines is 2. The number of rotatable bonds is 44. The number of hydrogen-bond acceptors (Lipinski definition) is 9. The highest BCUT2D eigenvalue weighted by Gasteiger charge is 2.19. The van der Waals surface area contributed by atoms with Gasteiger partial charge in [0, 0.05) is 20.0 Å².